The van der Waals surface area contributed by atoms with Crippen molar-refractivity contribution in [3.8, 4) is 22.6 Å². The number of allylic oxidation sites excluding steroid dienone is 3. The summed E-state index contributed by atoms with van der Waals surface area (Å²) in [6.07, 6.45) is 4.24. The van der Waals surface area contributed by atoms with Gasteiger partial charge in [0, 0.05) is 5.56 Å². The van der Waals surface area contributed by atoms with Crippen LogP contribution in [0.5, 0.6) is 11.5 Å². The van der Waals surface area contributed by atoms with Crippen LogP contribution in [0.1, 0.15) is 37.0 Å². The number of halogens is 1. The number of hydrogen-bond acceptors (Lipinski definition) is 3. The molecule has 5 heteroatoms. The molecular formula is C29H29FO4. The minimum absolute atomic E-state index is 0.0336. The molecule has 0 spiro atoms. The van der Waals surface area contributed by atoms with Gasteiger partial charge in [0.25, 0.3) is 0 Å². The van der Waals surface area contributed by atoms with E-state index in [0.29, 0.717) is 29.9 Å². The Morgan fingerprint density at radius 3 is 2.38 bits per heavy atom. The Morgan fingerprint density at radius 2 is 1.76 bits per heavy atom. The van der Waals surface area contributed by atoms with Crippen molar-refractivity contribution in [1.29, 1.82) is 0 Å². The Kier molecular flexibility index (Phi) is 8.25. The average molecular weight is 461 g/mol. The number of aryl methyl sites for hydroxylation is 1. The van der Waals surface area contributed by atoms with Crippen LogP contribution in [0.2, 0.25) is 0 Å². The second-order valence-corrected chi connectivity index (χ2v) is 7.76. The average Bonchev–Trinajstić information content (AvgIpc) is 2.83. The number of carboxylic acids is 1. The number of benzene rings is 3. The van der Waals surface area contributed by atoms with Crippen LogP contribution < -0.4 is 9.47 Å². The fourth-order valence-electron chi connectivity index (χ4n) is 3.78. The third-order valence-electron chi connectivity index (χ3n) is 5.46. The number of carboxylic acid groups (broad SMARTS) is 1. The van der Waals surface area contributed by atoms with Crippen LogP contribution in [0.4, 0.5) is 4.39 Å². The van der Waals surface area contributed by atoms with Gasteiger partial charge in [-0.25, -0.2) is 9.18 Å². The zero-order chi connectivity index (χ0) is 24.7. The standard InChI is InChI=1S/C29H29FO4/c1-5-7-21(16-27(29(31)32)26-18-23(30)12-8-19(26)3)22-11-15-25(28(17-22)33-4)20-9-13-24(14-10-20)34-6-2/h7-18H,5-6H2,1-4H3,(H,31,32)/b21-7-,27-16+. The molecule has 0 saturated carbocycles. The smallest absolute Gasteiger partial charge is 0.336 e. The van der Waals surface area contributed by atoms with E-state index in [1.165, 1.54) is 12.1 Å². The Balaban J connectivity index is 2.07. The summed E-state index contributed by atoms with van der Waals surface area (Å²) >= 11 is 0. The van der Waals surface area contributed by atoms with Crippen molar-refractivity contribution >= 4 is 17.1 Å². The Hall–Kier alpha value is -3.86. The molecule has 0 bridgehead atoms. The first-order chi connectivity index (χ1) is 16.4. The molecule has 0 fully saturated rings. The largest absolute Gasteiger partial charge is 0.496 e. The van der Waals surface area contributed by atoms with Crippen molar-refractivity contribution in [3.63, 3.8) is 0 Å². The molecule has 3 rings (SSSR count). The fourth-order valence-corrected chi connectivity index (χ4v) is 3.78. The molecule has 0 radical (unpaired) electrons. The van der Waals surface area contributed by atoms with E-state index in [1.54, 1.807) is 26.2 Å². The third kappa shape index (κ3) is 5.73. The van der Waals surface area contributed by atoms with Crippen LogP contribution in [-0.2, 0) is 4.79 Å². The van der Waals surface area contributed by atoms with Crippen LogP contribution in [-0.4, -0.2) is 24.8 Å². The van der Waals surface area contributed by atoms with Gasteiger partial charge in [0.15, 0.2) is 0 Å². The summed E-state index contributed by atoms with van der Waals surface area (Å²) in [7, 11) is 1.61. The van der Waals surface area contributed by atoms with Crippen LogP contribution >= 0.6 is 0 Å². The van der Waals surface area contributed by atoms with Gasteiger partial charge in [-0.3, -0.25) is 0 Å². The highest BCUT2D eigenvalue weighted by molar-refractivity contribution is 6.18. The second kappa shape index (κ2) is 11.3. The van der Waals surface area contributed by atoms with E-state index in [2.05, 4.69) is 0 Å². The summed E-state index contributed by atoms with van der Waals surface area (Å²) in [6.45, 7) is 6.29. The minimum atomic E-state index is -1.12. The maximum atomic E-state index is 13.9. The molecule has 0 aliphatic carbocycles. The number of aliphatic carboxylic acids is 1. The summed E-state index contributed by atoms with van der Waals surface area (Å²) in [5.41, 5.74) is 4.49. The second-order valence-electron chi connectivity index (χ2n) is 7.76. The van der Waals surface area contributed by atoms with Crippen molar-refractivity contribution in [2.75, 3.05) is 13.7 Å². The predicted molar refractivity (Wildman–Crippen MR) is 135 cm³/mol. The molecular weight excluding hydrogens is 431 g/mol. The van der Waals surface area contributed by atoms with Crippen molar-refractivity contribution in [2.24, 2.45) is 0 Å². The van der Waals surface area contributed by atoms with Gasteiger partial charge in [-0.1, -0.05) is 43.3 Å². The van der Waals surface area contributed by atoms with E-state index < -0.39 is 11.8 Å². The van der Waals surface area contributed by atoms with E-state index in [4.69, 9.17) is 9.47 Å². The molecule has 0 saturated heterocycles. The van der Waals surface area contributed by atoms with Gasteiger partial charge >= 0.3 is 5.97 Å². The van der Waals surface area contributed by atoms with Crippen LogP contribution in [0.15, 0.2) is 72.8 Å². The maximum Gasteiger partial charge on any atom is 0.336 e. The quantitative estimate of drug-likeness (QED) is 0.272. The van der Waals surface area contributed by atoms with Crippen molar-refractivity contribution in [1.82, 2.24) is 0 Å². The first-order valence-electron chi connectivity index (χ1n) is 11.2. The molecule has 0 atom stereocenters. The SMILES string of the molecule is CC/C=C(/C=C(/C(=O)O)c1cc(F)ccc1C)c1ccc(-c2ccc(OCC)cc2)c(OC)c1. The molecule has 176 valence electrons. The lowest BCUT2D eigenvalue weighted by Crippen LogP contribution is -2.03. The maximum absolute atomic E-state index is 13.9. The minimum Gasteiger partial charge on any atom is -0.496 e. The summed E-state index contributed by atoms with van der Waals surface area (Å²) < 4.78 is 25.1. The zero-order valence-electron chi connectivity index (χ0n) is 19.9. The first kappa shape index (κ1) is 24.8. The monoisotopic (exact) mass is 460 g/mol. The summed E-state index contributed by atoms with van der Waals surface area (Å²) in [6, 6.07) is 17.7. The number of carbonyl (C=O) groups is 1. The Bertz CT molecular complexity index is 1220. The van der Waals surface area contributed by atoms with Crippen LogP contribution in [0.25, 0.3) is 22.3 Å². The molecule has 0 amide bonds. The third-order valence-corrected chi connectivity index (χ3v) is 5.46. The van der Waals surface area contributed by atoms with E-state index >= 15 is 0 Å². The number of rotatable bonds is 9. The normalized spacial score (nSPS) is 11.9. The van der Waals surface area contributed by atoms with Gasteiger partial charge in [0.1, 0.15) is 17.3 Å². The lowest BCUT2D eigenvalue weighted by Gasteiger charge is -2.14. The predicted octanol–water partition coefficient (Wildman–Crippen LogP) is 7.17. The van der Waals surface area contributed by atoms with Gasteiger partial charge in [0.2, 0.25) is 0 Å². The van der Waals surface area contributed by atoms with Crippen molar-refractivity contribution in [3.05, 3.63) is 95.3 Å². The van der Waals surface area contributed by atoms with E-state index in [1.807, 2.05) is 62.4 Å². The molecule has 4 nitrogen and oxygen atoms in total. The molecule has 34 heavy (non-hydrogen) atoms. The van der Waals surface area contributed by atoms with E-state index in [9.17, 15) is 14.3 Å². The van der Waals surface area contributed by atoms with Gasteiger partial charge < -0.3 is 14.6 Å². The van der Waals surface area contributed by atoms with Gasteiger partial charge in [-0.2, -0.15) is 0 Å². The molecule has 3 aromatic rings. The summed E-state index contributed by atoms with van der Waals surface area (Å²) in [5, 5.41) is 9.91. The summed E-state index contributed by atoms with van der Waals surface area (Å²) in [4.78, 5) is 12.1. The molecule has 0 aliphatic heterocycles. The van der Waals surface area contributed by atoms with Gasteiger partial charge in [-0.15, -0.1) is 0 Å². The number of methoxy groups -OCH3 is 1. The number of hydrogen-bond donors (Lipinski definition) is 1. The highest BCUT2D eigenvalue weighted by Crippen LogP contribution is 2.35. The molecule has 0 aromatic heterocycles. The molecule has 0 unspecified atom stereocenters. The molecule has 3 aromatic carbocycles. The van der Waals surface area contributed by atoms with Crippen LogP contribution in [0.3, 0.4) is 0 Å². The van der Waals surface area contributed by atoms with E-state index in [0.717, 1.165) is 28.0 Å². The highest BCUT2D eigenvalue weighted by atomic mass is 19.1. The van der Waals surface area contributed by atoms with Crippen LogP contribution in [0, 0.1) is 12.7 Å². The Labute approximate surface area is 200 Å². The Morgan fingerprint density at radius 1 is 1.03 bits per heavy atom. The van der Waals surface area contributed by atoms with E-state index in [-0.39, 0.29) is 5.57 Å². The van der Waals surface area contributed by atoms with Crippen molar-refractivity contribution in [2.45, 2.75) is 27.2 Å². The van der Waals surface area contributed by atoms with Gasteiger partial charge in [-0.05, 0) is 84.5 Å². The molecule has 0 aliphatic rings. The topological polar surface area (TPSA) is 55.8 Å². The lowest BCUT2D eigenvalue weighted by atomic mass is 9.94. The fraction of sp³-hybridized carbons (Fsp3) is 0.207. The number of ether oxygens (including phenoxy) is 2. The zero-order valence-corrected chi connectivity index (χ0v) is 19.9. The summed E-state index contributed by atoms with van der Waals surface area (Å²) in [5.74, 6) is -0.131. The lowest BCUT2D eigenvalue weighted by molar-refractivity contribution is -0.130. The highest BCUT2D eigenvalue weighted by Gasteiger charge is 2.16. The van der Waals surface area contributed by atoms with Gasteiger partial charge in [0.05, 0.1) is 19.3 Å². The first-order valence-corrected chi connectivity index (χ1v) is 11.2. The molecule has 1 N–H and O–H groups in total. The van der Waals surface area contributed by atoms with Crippen molar-refractivity contribution < 1.29 is 23.8 Å². The molecule has 0 heterocycles.